The van der Waals surface area contributed by atoms with E-state index in [2.05, 4.69) is 10.2 Å². The van der Waals surface area contributed by atoms with Crippen LogP contribution in [0.3, 0.4) is 0 Å². The third-order valence-electron chi connectivity index (χ3n) is 3.91. The van der Waals surface area contributed by atoms with Crippen LogP contribution < -0.4 is 5.32 Å². The Hall–Kier alpha value is -1.86. The van der Waals surface area contributed by atoms with Gasteiger partial charge in [0.15, 0.2) is 0 Å². The summed E-state index contributed by atoms with van der Waals surface area (Å²) in [5.74, 6) is -0.0599. The Balaban J connectivity index is 1.67. The minimum atomic E-state index is -0.0599. The van der Waals surface area contributed by atoms with Gasteiger partial charge in [0, 0.05) is 12.1 Å². The van der Waals surface area contributed by atoms with Crippen LogP contribution in [0.2, 0.25) is 0 Å². The van der Waals surface area contributed by atoms with Crippen molar-refractivity contribution in [2.24, 2.45) is 0 Å². The molecule has 1 aromatic rings. The highest BCUT2D eigenvalue weighted by atomic mass is 16.1. The van der Waals surface area contributed by atoms with Gasteiger partial charge < -0.3 is 10.2 Å². The molecule has 21 heavy (non-hydrogen) atoms. The van der Waals surface area contributed by atoms with Gasteiger partial charge in [0.1, 0.15) is 0 Å². The molecule has 2 rings (SSSR count). The van der Waals surface area contributed by atoms with Crippen LogP contribution >= 0.6 is 0 Å². The van der Waals surface area contributed by atoms with E-state index in [1.54, 1.807) is 24.3 Å². The number of rotatable bonds is 5. The lowest BCUT2D eigenvalue weighted by atomic mass is 10.1. The van der Waals surface area contributed by atoms with Gasteiger partial charge in [-0.05, 0) is 63.2 Å². The summed E-state index contributed by atoms with van der Waals surface area (Å²) in [6, 6.07) is 8.79. The molecular formula is C17H23N3O. The van der Waals surface area contributed by atoms with Crippen molar-refractivity contribution in [3.8, 4) is 6.07 Å². The minimum Gasteiger partial charge on any atom is -0.352 e. The van der Waals surface area contributed by atoms with Crippen LogP contribution in [0.25, 0.3) is 0 Å². The average Bonchev–Trinajstić information content (AvgIpc) is 2.80. The summed E-state index contributed by atoms with van der Waals surface area (Å²) < 4.78 is 0. The summed E-state index contributed by atoms with van der Waals surface area (Å²) in [4.78, 5) is 14.4. The third-order valence-corrected chi connectivity index (χ3v) is 3.91. The van der Waals surface area contributed by atoms with Gasteiger partial charge in [0.25, 0.3) is 5.91 Å². The van der Waals surface area contributed by atoms with E-state index in [-0.39, 0.29) is 5.91 Å². The molecule has 1 saturated heterocycles. The zero-order valence-electron chi connectivity index (χ0n) is 12.5. The Bertz CT molecular complexity index is 482. The second kappa shape index (κ2) is 8.43. The van der Waals surface area contributed by atoms with Crippen molar-refractivity contribution in [1.82, 2.24) is 10.2 Å². The summed E-state index contributed by atoms with van der Waals surface area (Å²) in [6.45, 7) is 4.16. The number of carbonyl (C=O) groups excluding carboxylic acids is 1. The molecule has 0 radical (unpaired) electrons. The molecule has 1 aromatic carbocycles. The molecule has 0 aromatic heterocycles. The van der Waals surface area contributed by atoms with Gasteiger partial charge in [-0.25, -0.2) is 0 Å². The molecule has 1 N–H and O–H groups in total. The van der Waals surface area contributed by atoms with Crippen LogP contribution in [0.15, 0.2) is 24.3 Å². The molecule has 1 aliphatic rings. The summed E-state index contributed by atoms with van der Waals surface area (Å²) >= 11 is 0. The minimum absolute atomic E-state index is 0.0599. The number of likely N-dealkylation sites (tertiary alicyclic amines) is 1. The van der Waals surface area contributed by atoms with E-state index in [0.29, 0.717) is 17.7 Å². The first kappa shape index (κ1) is 15.5. The number of benzene rings is 1. The van der Waals surface area contributed by atoms with E-state index in [1.165, 1.54) is 38.8 Å². The van der Waals surface area contributed by atoms with E-state index in [4.69, 9.17) is 5.26 Å². The van der Waals surface area contributed by atoms with Crippen molar-refractivity contribution in [3.63, 3.8) is 0 Å². The van der Waals surface area contributed by atoms with Gasteiger partial charge in [-0.2, -0.15) is 5.26 Å². The lowest BCUT2D eigenvalue weighted by molar-refractivity contribution is 0.0951. The fourth-order valence-corrected chi connectivity index (χ4v) is 2.66. The molecule has 0 unspecified atom stereocenters. The summed E-state index contributed by atoms with van der Waals surface area (Å²) in [7, 11) is 0. The molecule has 4 heteroatoms. The Morgan fingerprint density at radius 1 is 1.14 bits per heavy atom. The van der Waals surface area contributed by atoms with Gasteiger partial charge in [0.2, 0.25) is 0 Å². The van der Waals surface area contributed by atoms with Gasteiger partial charge in [-0.15, -0.1) is 0 Å². The number of nitrogens with one attached hydrogen (secondary N) is 1. The first-order chi connectivity index (χ1) is 10.3. The molecule has 0 spiro atoms. The van der Waals surface area contributed by atoms with Crippen molar-refractivity contribution in [3.05, 3.63) is 35.4 Å². The Labute approximate surface area is 126 Å². The van der Waals surface area contributed by atoms with Gasteiger partial charge in [-0.1, -0.05) is 12.8 Å². The number of nitrogens with zero attached hydrogens (tertiary/aromatic N) is 2. The molecule has 1 heterocycles. The second-order valence-electron chi connectivity index (χ2n) is 5.55. The van der Waals surface area contributed by atoms with Crippen LogP contribution in [-0.4, -0.2) is 37.0 Å². The van der Waals surface area contributed by atoms with Gasteiger partial charge in [-0.3, -0.25) is 4.79 Å². The maximum atomic E-state index is 11.9. The first-order valence-electron chi connectivity index (χ1n) is 7.80. The van der Waals surface area contributed by atoms with Crippen LogP contribution in [0, 0.1) is 11.3 Å². The van der Waals surface area contributed by atoms with Crippen LogP contribution in [-0.2, 0) is 0 Å². The number of hydrogen-bond acceptors (Lipinski definition) is 3. The molecule has 112 valence electrons. The lowest BCUT2D eigenvalue weighted by Crippen LogP contribution is -2.30. The van der Waals surface area contributed by atoms with Crippen LogP contribution in [0.1, 0.15) is 48.0 Å². The predicted octanol–water partition coefficient (Wildman–Crippen LogP) is 2.55. The molecular weight excluding hydrogens is 262 g/mol. The summed E-state index contributed by atoms with van der Waals surface area (Å²) in [6.07, 6.45) is 6.30. The largest absolute Gasteiger partial charge is 0.352 e. The molecule has 4 nitrogen and oxygen atoms in total. The van der Waals surface area contributed by atoms with Crippen LogP contribution in [0.5, 0.6) is 0 Å². The average molecular weight is 285 g/mol. The van der Waals surface area contributed by atoms with Crippen molar-refractivity contribution in [2.75, 3.05) is 26.2 Å². The van der Waals surface area contributed by atoms with Gasteiger partial charge in [0.05, 0.1) is 11.6 Å². The van der Waals surface area contributed by atoms with Crippen molar-refractivity contribution in [1.29, 1.82) is 5.26 Å². The fourth-order valence-electron chi connectivity index (χ4n) is 2.66. The van der Waals surface area contributed by atoms with E-state index >= 15 is 0 Å². The number of nitriles is 1. The molecule has 0 atom stereocenters. The number of carbonyl (C=O) groups is 1. The predicted molar refractivity (Wildman–Crippen MR) is 83.0 cm³/mol. The number of amides is 1. The topological polar surface area (TPSA) is 56.1 Å². The Kier molecular flexibility index (Phi) is 6.23. The van der Waals surface area contributed by atoms with Gasteiger partial charge >= 0.3 is 0 Å². The van der Waals surface area contributed by atoms with E-state index < -0.39 is 0 Å². The molecule has 0 saturated carbocycles. The fraction of sp³-hybridized carbons (Fsp3) is 0.529. The molecule has 1 fully saturated rings. The van der Waals surface area contributed by atoms with E-state index in [9.17, 15) is 4.79 Å². The second-order valence-corrected chi connectivity index (χ2v) is 5.55. The normalized spacial score (nSPS) is 16.0. The Morgan fingerprint density at radius 3 is 2.43 bits per heavy atom. The summed E-state index contributed by atoms with van der Waals surface area (Å²) in [5.41, 5.74) is 1.19. The summed E-state index contributed by atoms with van der Waals surface area (Å²) in [5, 5.41) is 11.7. The molecule has 0 bridgehead atoms. The quantitative estimate of drug-likeness (QED) is 0.846. The van der Waals surface area contributed by atoms with E-state index in [0.717, 1.165) is 13.0 Å². The zero-order valence-corrected chi connectivity index (χ0v) is 12.5. The molecule has 0 aliphatic carbocycles. The maximum absolute atomic E-state index is 11.9. The first-order valence-corrected chi connectivity index (χ1v) is 7.80. The highest BCUT2D eigenvalue weighted by molar-refractivity contribution is 5.94. The molecule has 1 amide bonds. The lowest BCUT2D eigenvalue weighted by Gasteiger charge is -2.19. The van der Waals surface area contributed by atoms with Crippen molar-refractivity contribution < 1.29 is 4.79 Å². The highest BCUT2D eigenvalue weighted by Crippen LogP contribution is 2.09. The smallest absolute Gasteiger partial charge is 0.251 e. The third kappa shape index (κ3) is 5.20. The Morgan fingerprint density at radius 2 is 1.81 bits per heavy atom. The molecule has 1 aliphatic heterocycles. The standard InChI is InChI=1S/C17H23N3O/c18-14-15-6-8-16(9-7-15)17(21)19-10-5-13-20-11-3-1-2-4-12-20/h6-9H,1-5,10-13H2,(H,19,21). The van der Waals surface area contributed by atoms with Crippen molar-refractivity contribution >= 4 is 5.91 Å². The number of hydrogen-bond donors (Lipinski definition) is 1. The van der Waals surface area contributed by atoms with E-state index in [1.807, 2.05) is 6.07 Å². The zero-order chi connectivity index (χ0) is 14.9. The van der Waals surface area contributed by atoms with Crippen LogP contribution in [0.4, 0.5) is 0 Å². The monoisotopic (exact) mass is 285 g/mol. The maximum Gasteiger partial charge on any atom is 0.251 e. The SMILES string of the molecule is N#Cc1ccc(C(=O)NCCCN2CCCCCC2)cc1. The van der Waals surface area contributed by atoms with Crippen molar-refractivity contribution in [2.45, 2.75) is 32.1 Å². The highest BCUT2D eigenvalue weighted by Gasteiger charge is 2.09.